The van der Waals surface area contributed by atoms with Gasteiger partial charge in [-0.15, -0.1) is 0 Å². The average molecular weight is 322 g/mol. The van der Waals surface area contributed by atoms with Gasteiger partial charge in [-0.25, -0.2) is 4.98 Å². The van der Waals surface area contributed by atoms with Crippen LogP contribution in [0, 0.1) is 0 Å². The molecule has 0 atom stereocenters. The van der Waals surface area contributed by atoms with E-state index in [1.54, 1.807) is 0 Å². The van der Waals surface area contributed by atoms with Crippen LogP contribution >= 0.6 is 0 Å². The summed E-state index contributed by atoms with van der Waals surface area (Å²) in [6.45, 7) is 3.72. The molecule has 5 nitrogen and oxygen atoms in total. The highest BCUT2D eigenvalue weighted by Crippen LogP contribution is 2.29. The van der Waals surface area contributed by atoms with E-state index >= 15 is 0 Å². The quantitative estimate of drug-likeness (QED) is 0.785. The molecule has 0 aromatic carbocycles. The van der Waals surface area contributed by atoms with Crippen LogP contribution < -0.4 is 0 Å². The second-order valence-electron chi connectivity index (χ2n) is 6.50. The molecule has 0 spiro atoms. The number of fused-ring (bicyclic) bond motifs is 1. The highest BCUT2D eigenvalue weighted by molar-refractivity contribution is 5.77. The lowest BCUT2D eigenvalue weighted by atomic mass is 9.94. The molecule has 1 amide bonds. The average Bonchev–Trinajstić information content (AvgIpc) is 3.21. The molecular formula is C19H22N4O. The summed E-state index contributed by atoms with van der Waals surface area (Å²) in [7, 11) is 0. The molecule has 0 aliphatic carbocycles. The van der Waals surface area contributed by atoms with Crippen LogP contribution in [0.2, 0.25) is 0 Å². The van der Waals surface area contributed by atoms with Crippen molar-refractivity contribution in [1.82, 2.24) is 19.3 Å². The number of aryl methyl sites for hydroxylation is 2. The van der Waals surface area contributed by atoms with E-state index in [1.165, 1.54) is 5.56 Å². The minimum Gasteiger partial charge on any atom is -0.365 e. The molecule has 0 bridgehead atoms. The summed E-state index contributed by atoms with van der Waals surface area (Å²) < 4.78 is 2.10. The van der Waals surface area contributed by atoms with E-state index in [2.05, 4.69) is 39.6 Å². The molecule has 0 radical (unpaired) electrons. The molecule has 124 valence electrons. The first kappa shape index (κ1) is 15.0. The zero-order chi connectivity index (χ0) is 16.5. The van der Waals surface area contributed by atoms with Gasteiger partial charge in [0.1, 0.15) is 0 Å². The number of nitrogens with zero attached hydrogens (tertiary/aromatic N) is 3. The third-order valence-electron chi connectivity index (χ3n) is 4.92. The van der Waals surface area contributed by atoms with Crippen molar-refractivity contribution in [3.8, 4) is 0 Å². The predicted octanol–water partition coefficient (Wildman–Crippen LogP) is 2.78. The normalized spacial score (nSPS) is 15.0. The number of nitrogens with one attached hydrogen (secondary N) is 1. The van der Waals surface area contributed by atoms with Crippen molar-refractivity contribution in [2.75, 3.05) is 13.1 Å². The maximum Gasteiger partial charge on any atom is 0.223 e. The Kier molecular flexibility index (Phi) is 3.84. The summed E-state index contributed by atoms with van der Waals surface area (Å²) in [4.78, 5) is 22.0. The Morgan fingerprint density at radius 3 is 2.96 bits per heavy atom. The summed E-state index contributed by atoms with van der Waals surface area (Å²) in [5.41, 5.74) is 4.70. The van der Waals surface area contributed by atoms with Crippen molar-refractivity contribution < 1.29 is 4.79 Å². The van der Waals surface area contributed by atoms with Crippen molar-refractivity contribution >= 4 is 11.4 Å². The first-order valence-electron chi connectivity index (χ1n) is 8.60. The Morgan fingerprint density at radius 2 is 2.21 bits per heavy atom. The fourth-order valence-electron chi connectivity index (χ4n) is 3.37. The van der Waals surface area contributed by atoms with Gasteiger partial charge in [-0.3, -0.25) is 4.79 Å². The maximum absolute atomic E-state index is 12.3. The van der Waals surface area contributed by atoms with Crippen LogP contribution in [0.3, 0.4) is 0 Å². The number of aromatic amines is 1. The van der Waals surface area contributed by atoms with Gasteiger partial charge in [-0.05, 0) is 36.6 Å². The second-order valence-corrected chi connectivity index (χ2v) is 6.50. The van der Waals surface area contributed by atoms with Crippen LogP contribution in [0.15, 0.2) is 43.0 Å². The third kappa shape index (κ3) is 2.70. The topological polar surface area (TPSA) is 53.4 Å². The SMILES string of the molecule is CCc1ccc2c(C3CN(C(=O)CCc4ccc[nH]4)C3)ncn2c1. The van der Waals surface area contributed by atoms with E-state index in [9.17, 15) is 4.79 Å². The van der Waals surface area contributed by atoms with E-state index in [4.69, 9.17) is 0 Å². The van der Waals surface area contributed by atoms with Gasteiger partial charge >= 0.3 is 0 Å². The van der Waals surface area contributed by atoms with Crippen molar-refractivity contribution in [2.45, 2.75) is 32.1 Å². The Labute approximate surface area is 141 Å². The Hall–Kier alpha value is -2.56. The van der Waals surface area contributed by atoms with Crippen molar-refractivity contribution in [1.29, 1.82) is 0 Å². The van der Waals surface area contributed by atoms with Gasteiger partial charge in [0.25, 0.3) is 0 Å². The number of hydrogen-bond acceptors (Lipinski definition) is 2. The van der Waals surface area contributed by atoms with Crippen LogP contribution in [0.5, 0.6) is 0 Å². The zero-order valence-electron chi connectivity index (χ0n) is 13.9. The number of aromatic nitrogens is 3. The highest BCUT2D eigenvalue weighted by Gasteiger charge is 2.33. The van der Waals surface area contributed by atoms with Crippen molar-refractivity contribution in [3.63, 3.8) is 0 Å². The van der Waals surface area contributed by atoms with Gasteiger partial charge in [-0.1, -0.05) is 13.0 Å². The number of imidazole rings is 1. The van der Waals surface area contributed by atoms with E-state index in [1.807, 2.05) is 29.6 Å². The summed E-state index contributed by atoms with van der Waals surface area (Å²) in [6.07, 6.45) is 8.30. The summed E-state index contributed by atoms with van der Waals surface area (Å²) in [5.74, 6) is 0.592. The predicted molar refractivity (Wildman–Crippen MR) is 93.0 cm³/mol. The fourth-order valence-corrected chi connectivity index (χ4v) is 3.37. The number of rotatable bonds is 5. The van der Waals surface area contributed by atoms with Crippen molar-refractivity contribution in [3.05, 3.63) is 59.9 Å². The molecule has 1 aliphatic heterocycles. The van der Waals surface area contributed by atoms with E-state index < -0.39 is 0 Å². The van der Waals surface area contributed by atoms with Crippen LogP contribution in [0.4, 0.5) is 0 Å². The lowest BCUT2D eigenvalue weighted by Crippen LogP contribution is -2.48. The molecule has 1 saturated heterocycles. The van der Waals surface area contributed by atoms with Gasteiger partial charge in [-0.2, -0.15) is 0 Å². The molecule has 1 aliphatic rings. The third-order valence-corrected chi connectivity index (χ3v) is 4.92. The Bertz CT molecular complexity index is 844. The number of pyridine rings is 1. The van der Waals surface area contributed by atoms with Crippen LogP contribution in [0.25, 0.3) is 5.52 Å². The zero-order valence-corrected chi connectivity index (χ0v) is 13.9. The van der Waals surface area contributed by atoms with Crippen LogP contribution in [-0.2, 0) is 17.6 Å². The lowest BCUT2D eigenvalue weighted by Gasteiger charge is -2.38. The molecule has 1 N–H and O–H groups in total. The van der Waals surface area contributed by atoms with Gasteiger partial charge in [0, 0.05) is 43.5 Å². The van der Waals surface area contributed by atoms with Gasteiger partial charge < -0.3 is 14.3 Å². The number of hydrogen-bond donors (Lipinski definition) is 1. The Balaban J connectivity index is 1.37. The van der Waals surface area contributed by atoms with Gasteiger partial charge in [0.2, 0.25) is 5.91 Å². The van der Waals surface area contributed by atoms with Gasteiger partial charge in [0.05, 0.1) is 17.5 Å². The molecular weight excluding hydrogens is 300 g/mol. The number of amides is 1. The van der Waals surface area contributed by atoms with Crippen LogP contribution in [0.1, 0.15) is 36.2 Å². The van der Waals surface area contributed by atoms with Crippen LogP contribution in [-0.4, -0.2) is 38.3 Å². The first-order valence-corrected chi connectivity index (χ1v) is 8.60. The molecule has 0 saturated carbocycles. The molecule has 4 heterocycles. The van der Waals surface area contributed by atoms with Crippen molar-refractivity contribution in [2.24, 2.45) is 0 Å². The largest absolute Gasteiger partial charge is 0.365 e. The number of carbonyl (C=O) groups is 1. The fraction of sp³-hybridized carbons (Fsp3) is 0.368. The lowest BCUT2D eigenvalue weighted by molar-refractivity contribution is -0.135. The molecule has 24 heavy (non-hydrogen) atoms. The second kappa shape index (κ2) is 6.15. The maximum atomic E-state index is 12.3. The van der Waals surface area contributed by atoms with E-state index in [0.29, 0.717) is 12.3 Å². The highest BCUT2D eigenvalue weighted by atomic mass is 16.2. The van der Waals surface area contributed by atoms with Gasteiger partial charge in [0.15, 0.2) is 0 Å². The summed E-state index contributed by atoms with van der Waals surface area (Å²) in [6, 6.07) is 8.30. The molecule has 4 rings (SSSR count). The molecule has 5 heteroatoms. The standard InChI is InChI=1S/C19H22N4O/c1-2-14-5-7-17-19(21-13-23(17)10-14)15-11-22(12-15)18(24)8-6-16-4-3-9-20-16/h3-5,7,9-10,13,15,20H,2,6,8,11-12H2,1H3. The molecule has 1 fully saturated rings. The summed E-state index contributed by atoms with van der Waals surface area (Å²) in [5, 5.41) is 0. The summed E-state index contributed by atoms with van der Waals surface area (Å²) >= 11 is 0. The Morgan fingerprint density at radius 1 is 1.33 bits per heavy atom. The van der Waals surface area contributed by atoms with E-state index in [0.717, 1.165) is 42.8 Å². The monoisotopic (exact) mass is 322 g/mol. The first-order chi connectivity index (χ1) is 11.7. The smallest absolute Gasteiger partial charge is 0.223 e. The minimum atomic E-state index is 0.234. The number of H-pyrrole nitrogens is 1. The number of likely N-dealkylation sites (tertiary alicyclic amines) is 1. The molecule has 3 aromatic rings. The molecule has 3 aromatic heterocycles. The van der Waals surface area contributed by atoms with E-state index in [-0.39, 0.29) is 5.91 Å². The minimum absolute atomic E-state index is 0.234. The number of carbonyl (C=O) groups excluding carboxylic acids is 1. The molecule has 0 unspecified atom stereocenters.